The number of halogens is 3. The van der Waals surface area contributed by atoms with Crippen LogP contribution >= 0.6 is 39.1 Å². The van der Waals surface area contributed by atoms with E-state index in [1.165, 1.54) is 0 Å². The van der Waals surface area contributed by atoms with Gasteiger partial charge in [0.1, 0.15) is 11.0 Å². The second-order valence-corrected chi connectivity index (χ2v) is 6.18. The molecule has 0 bridgehead atoms. The molecule has 2 aromatic rings. The number of hydrogen-bond acceptors (Lipinski definition) is 2. The molecule has 2 rings (SSSR count). The zero-order valence-electron chi connectivity index (χ0n) is 10.6. The highest BCUT2D eigenvalue weighted by Crippen LogP contribution is 2.29. The van der Waals surface area contributed by atoms with Crippen molar-refractivity contribution in [3.63, 3.8) is 0 Å². The van der Waals surface area contributed by atoms with Gasteiger partial charge in [-0.05, 0) is 39.5 Å². The van der Waals surface area contributed by atoms with E-state index in [0.717, 1.165) is 15.7 Å². The molecule has 100 valence electrons. The molecule has 1 aromatic carbocycles. The van der Waals surface area contributed by atoms with Crippen LogP contribution in [0, 0.1) is 0 Å². The predicted octanol–water partition coefficient (Wildman–Crippen LogP) is 5.26. The topological polar surface area (TPSA) is 25.8 Å². The highest BCUT2D eigenvalue weighted by molar-refractivity contribution is 9.10. The smallest absolute Gasteiger partial charge is 0.147 e. The van der Waals surface area contributed by atoms with E-state index in [-0.39, 0.29) is 5.92 Å². The van der Waals surface area contributed by atoms with Gasteiger partial charge in [0.05, 0.1) is 10.2 Å². The van der Waals surface area contributed by atoms with Gasteiger partial charge in [-0.25, -0.2) is 9.97 Å². The molecule has 0 saturated carbocycles. The first-order valence-corrected chi connectivity index (χ1v) is 7.48. The Morgan fingerprint density at radius 1 is 1.21 bits per heavy atom. The lowest BCUT2D eigenvalue weighted by molar-refractivity contribution is 0.784. The molecule has 0 aliphatic heterocycles. The number of hydrogen-bond donors (Lipinski definition) is 0. The number of nitrogens with zero attached hydrogens (tertiary/aromatic N) is 2. The molecule has 0 N–H and O–H groups in total. The van der Waals surface area contributed by atoms with Crippen LogP contribution in [0.15, 0.2) is 28.7 Å². The van der Waals surface area contributed by atoms with Crippen LogP contribution in [0.5, 0.6) is 0 Å². The molecule has 0 spiro atoms. The van der Waals surface area contributed by atoms with E-state index in [0.29, 0.717) is 22.4 Å². The standard InChI is InChI=1S/C14H13BrCl2N2/c1-8(2)13-12(15)14(17)19-11(18-13)7-9-4-3-5-10(16)6-9/h3-6,8H,7H2,1-2H3. The van der Waals surface area contributed by atoms with E-state index in [9.17, 15) is 0 Å². The molecular formula is C14H13BrCl2N2. The molecule has 0 radical (unpaired) electrons. The summed E-state index contributed by atoms with van der Waals surface area (Å²) in [4.78, 5) is 8.88. The third-order valence-electron chi connectivity index (χ3n) is 2.68. The minimum absolute atomic E-state index is 0.285. The monoisotopic (exact) mass is 358 g/mol. The van der Waals surface area contributed by atoms with Crippen molar-refractivity contribution in [3.8, 4) is 0 Å². The Labute approximate surface area is 131 Å². The molecular weight excluding hydrogens is 347 g/mol. The largest absolute Gasteiger partial charge is 0.236 e. The van der Waals surface area contributed by atoms with Gasteiger partial charge in [0.15, 0.2) is 0 Å². The molecule has 0 fully saturated rings. The van der Waals surface area contributed by atoms with E-state index < -0.39 is 0 Å². The highest BCUT2D eigenvalue weighted by atomic mass is 79.9. The van der Waals surface area contributed by atoms with Gasteiger partial charge in [0.2, 0.25) is 0 Å². The van der Waals surface area contributed by atoms with Crippen LogP contribution in [0.2, 0.25) is 10.2 Å². The molecule has 19 heavy (non-hydrogen) atoms. The number of benzene rings is 1. The Hall–Kier alpha value is -0.640. The Morgan fingerprint density at radius 2 is 1.95 bits per heavy atom. The summed E-state index contributed by atoms with van der Waals surface area (Å²) in [5.41, 5.74) is 2.00. The average molecular weight is 360 g/mol. The fraction of sp³-hybridized carbons (Fsp3) is 0.286. The van der Waals surface area contributed by atoms with E-state index in [2.05, 4.69) is 39.7 Å². The van der Waals surface area contributed by atoms with Crippen LogP contribution in [-0.2, 0) is 6.42 Å². The second-order valence-electron chi connectivity index (χ2n) is 4.59. The summed E-state index contributed by atoms with van der Waals surface area (Å²) in [7, 11) is 0. The van der Waals surface area contributed by atoms with E-state index in [1.807, 2.05) is 24.3 Å². The fourth-order valence-corrected chi connectivity index (χ4v) is 2.81. The Kier molecular flexibility index (Phi) is 4.82. The summed E-state index contributed by atoms with van der Waals surface area (Å²) in [5, 5.41) is 1.17. The summed E-state index contributed by atoms with van der Waals surface area (Å²) in [6, 6.07) is 7.68. The van der Waals surface area contributed by atoms with Gasteiger partial charge in [0, 0.05) is 11.4 Å². The average Bonchev–Trinajstić information content (AvgIpc) is 2.33. The number of rotatable bonds is 3. The molecule has 0 amide bonds. The summed E-state index contributed by atoms with van der Waals surface area (Å²) in [6.07, 6.45) is 0.618. The van der Waals surface area contributed by atoms with Crippen molar-refractivity contribution < 1.29 is 0 Å². The van der Waals surface area contributed by atoms with Crippen molar-refractivity contribution in [2.75, 3.05) is 0 Å². The van der Waals surface area contributed by atoms with Crippen LogP contribution in [-0.4, -0.2) is 9.97 Å². The van der Waals surface area contributed by atoms with Crippen LogP contribution in [0.25, 0.3) is 0 Å². The van der Waals surface area contributed by atoms with Gasteiger partial charge in [-0.15, -0.1) is 0 Å². The summed E-state index contributed by atoms with van der Waals surface area (Å²) in [5.74, 6) is 0.993. The normalized spacial score (nSPS) is 11.1. The third-order valence-corrected chi connectivity index (χ3v) is 4.20. The first-order chi connectivity index (χ1) is 8.97. The lowest BCUT2D eigenvalue weighted by Gasteiger charge is -2.11. The maximum atomic E-state index is 6.14. The molecule has 1 aromatic heterocycles. The van der Waals surface area contributed by atoms with Crippen molar-refractivity contribution in [1.82, 2.24) is 9.97 Å². The summed E-state index contributed by atoms with van der Waals surface area (Å²) in [6.45, 7) is 4.15. The van der Waals surface area contributed by atoms with Gasteiger partial charge in [-0.3, -0.25) is 0 Å². The van der Waals surface area contributed by atoms with E-state index in [4.69, 9.17) is 23.2 Å². The van der Waals surface area contributed by atoms with Crippen molar-refractivity contribution in [2.45, 2.75) is 26.2 Å². The quantitative estimate of drug-likeness (QED) is 0.698. The van der Waals surface area contributed by atoms with E-state index in [1.54, 1.807) is 0 Å². The van der Waals surface area contributed by atoms with Crippen LogP contribution < -0.4 is 0 Å². The van der Waals surface area contributed by atoms with Crippen LogP contribution in [0.1, 0.15) is 36.8 Å². The lowest BCUT2D eigenvalue weighted by atomic mass is 10.1. The van der Waals surface area contributed by atoms with Gasteiger partial charge < -0.3 is 0 Å². The first-order valence-electron chi connectivity index (χ1n) is 5.93. The highest BCUT2D eigenvalue weighted by Gasteiger charge is 2.13. The van der Waals surface area contributed by atoms with E-state index >= 15 is 0 Å². The van der Waals surface area contributed by atoms with Crippen molar-refractivity contribution in [2.24, 2.45) is 0 Å². The first kappa shape index (κ1) is 14.8. The maximum absolute atomic E-state index is 6.14. The van der Waals surface area contributed by atoms with Crippen LogP contribution in [0.3, 0.4) is 0 Å². The Balaban J connectivity index is 2.36. The zero-order chi connectivity index (χ0) is 14.0. The van der Waals surface area contributed by atoms with Gasteiger partial charge in [-0.1, -0.05) is 49.2 Å². The molecule has 0 aliphatic carbocycles. The van der Waals surface area contributed by atoms with Gasteiger partial charge in [-0.2, -0.15) is 0 Å². The van der Waals surface area contributed by atoms with Crippen LogP contribution in [0.4, 0.5) is 0 Å². The summed E-state index contributed by atoms with van der Waals surface area (Å²) >= 11 is 15.5. The Morgan fingerprint density at radius 3 is 2.58 bits per heavy atom. The minimum Gasteiger partial charge on any atom is -0.236 e. The molecule has 1 heterocycles. The second kappa shape index (κ2) is 6.21. The predicted molar refractivity (Wildman–Crippen MR) is 83.1 cm³/mol. The molecule has 2 nitrogen and oxygen atoms in total. The maximum Gasteiger partial charge on any atom is 0.147 e. The molecule has 0 atom stereocenters. The molecule has 0 saturated heterocycles. The zero-order valence-corrected chi connectivity index (χ0v) is 13.7. The molecule has 5 heteroatoms. The van der Waals surface area contributed by atoms with Crippen molar-refractivity contribution in [1.29, 1.82) is 0 Å². The van der Waals surface area contributed by atoms with Gasteiger partial charge in [0.25, 0.3) is 0 Å². The fourth-order valence-electron chi connectivity index (χ4n) is 1.77. The number of aromatic nitrogens is 2. The third kappa shape index (κ3) is 3.68. The minimum atomic E-state index is 0.285. The summed E-state index contributed by atoms with van der Waals surface area (Å²) < 4.78 is 0.777. The van der Waals surface area contributed by atoms with Crippen molar-refractivity contribution >= 4 is 39.1 Å². The molecule has 0 unspecified atom stereocenters. The SMILES string of the molecule is CC(C)c1nc(Cc2cccc(Cl)c2)nc(Cl)c1Br. The molecule has 0 aliphatic rings. The van der Waals surface area contributed by atoms with Gasteiger partial charge >= 0.3 is 0 Å². The Bertz CT molecular complexity index is 600. The lowest BCUT2D eigenvalue weighted by Crippen LogP contribution is -2.04. The van der Waals surface area contributed by atoms with Crippen molar-refractivity contribution in [3.05, 3.63) is 56.0 Å².